The van der Waals surface area contributed by atoms with E-state index in [0.717, 1.165) is 5.02 Å². The molecule has 0 saturated heterocycles. The van der Waals surface area contributed by atoms with Crippen LogP contribution in [0.4, 0.5) is 0 Å². The Labute approximate surface area is 96.0 Å². The van der Waals surface area contributed by atoms with Crippen molar-refractivity contribution in [1.29, 1.82) is 0 Å². The van der Waals surface area contributed by atoms with Crippen molar-refractivity contribution in [2.75, 3.05) is 5.75 Å². The lowest BCUT2D eigenvalue weighted by Crippen LogP contribution is -1.80. The number of halogens is 1. The van der Waals surface area contributed by atoms with Crippen LogP contribution in [0.25, 0.3) is 0 Å². The van der Waals surface area contributed by atoms with Gasteiger partial charge in [-0.2, -0.15) is 0 Å². The van der Waals surface area contributed by atoms with Crippen molar-refractivity contribution in [1.82, 2.24) is 0 Å². The highest BCUT2D eigenvalue weighted by Crippen LogP contribution is 2.21. The van der Waals surface area contributed by atoms with Crippen LogP contribution in [0.2, 0.25) is 5.02 Å². The maximum atomic E-state index is 5.80. The van der Waals surface area contributed by atoms with Crippen LogP contribution in [0.5, 0.6) is 0 Å². The molecule has 0 aromatic heterocycles. The molecule has 0 spiro atoms. The highest BCUT2D eigenvalue weighted by Gasteiger charge is 1.94. The minimum absolute atomic E-state index is 0.820. The third-order valence-corrected chi connectivity index (χ3v) is 3.43. The molecule has 0 amide bonds. The summed E-state index contributed by atoms with van der Waals surface area (Å²) in [5, 5.41) is 0.820. The minimum atomic E-state index is 0.820. The first-order valence-corrected chi connectivity index (χ1v) is 6.57. The zero-order valence-electron chi connectivity index (χ0n) is 8.63. The van der Waals surface area contributed by atoms with E-state index in [1.54, 1.807) is 0 Å². The van der Waals surface area contributed by atoms with Gasteiger partial charge in [0.25, 0.3) is 0 Å². The summed E-state index contributed by atoms with van der Waals surface area (Å²) in [6.45, 7) is 2.24. The summed E-state index contributed by atoms with van der Waals surface area (Å²) in [7, 11) is 0. The molecule has 0 aliphatic heterocycles. The van der Waals surface area contributed by atoms with Gasteiger partial charge in [0.2, 0.25) is 0 Å². The van der Waals surface area contributed by atoms with E-state index < -0.39 is 0 Å². The van der Waals surface area contributed by atoms with Crippen molar-refractivity contribution in [3.63, 3.8) is 0 Å². The van der Waals surface area contributed by atoms with Crippen LogP contribution in [0, 0.1) is 0 Å². The van der Waals surface area contributed by atoms with Crippen molar-refractivity contribution < 1.29 is 0 Å². The highest BCUT2D eigenvalue weighted by molar-refractivity contribution is 7.99. The van der Waals surface area contributed by atoms with Crippen LogP contribution in [0.15, 0.2) is 29.2 Å². The Hall–Kier alpha value is -0.140. The van der Waals surface area contributed by atoms with Crippen molar-refractivity contribution >= 4 is 23.4 Å². The molecule has 1 rings (SSSR count). The number of unbranched alkanes of at least 4 members (excludes halogenated alkanes) is 3. The minimum Gasteiger partial charge on any atom is -0.126 e. The normalized spacial score (nSPS) is 10.4. The van der Waals surface area contributed by atoms with Gasteiger partial charge in [0.05, 0.1) is 0 Å². The average Bonchev–Trinajstić information content (AvgIpc) is 2.21. The molecule has 0 N–H and O–H groups in total. The van der Waals surface area contributed by atoms with E-state index in [-0.39, 0.29) is 0 Å². The maximum Gasteiger partial charge on any atom is 0.0406 e. The second kappa shape index (κ2) is 7.19. The zero-order chi connectivity index (χ0) is 10.2. The van der Waals surface area contributed by atoms with Gasteiger partial charge in [-0.05, 0) is 36.4 Å². The van der Waals surface area contributed by atoms with Crippen LogP contribution in [-0.4, -0.2) is 5.75 Å². The molecule has 14 heavy (non-hydrogen) atoms. The summed E-state index contributed by atoms with van der Waals surface area (Å²) in [4.78, 5) is 1.32. The van der Waals surface area contributed by atoms with Gasteiger partial charge >= 0.3 is 0 Å². The number of thioether (sulfide) groups is 1. The summed E-state index contributed by atoms with van der Waals surface area (Å²) in [6.07, 6.45) is 5.35. The molecule has 0 unspecified atom stereocenters. The van der Waals surface area contributed by atoms with E-state index in [1.807, 2.05) is 23.9 Å². The first-order valence-electron chi connectivity index (χ1n) is 5.21. The van der Waals surface area contributed by atoms with E-state index in [9.17, 15) is 0 Å². The molecule has 0 aliphatic carbocycles. The lowest BCUT2D eigenvalue weighted by Gasteiger charge is -2.01. The monoisotopic (exact) mass is 228 g/mol. The number of rotatable bonds is 6. The smallest absolute Gasteiger partial charge is 0.0406 e. The van der Waals surface area contributed by atoms with Gasteiger partial charge in [-0.1, -0.05) is 37.8 Å². The van der Waals surface area contributed by atoms with Gasteiger partial charge in [-0.15, -0.1) is 11.8 Å². The summed E-state index contributed by atoms with van der Waals surface area (Å²) in [5.74, 6) is 1.22. The molecular formula is C12H17ClS. The molecule has 78 valence electrons. The lowest BCUT2D eigenvalue weighted by molar-refractivity contribution is 0.706. The average molecular weight is 229 g/mol. The molecule has 0 aliphatic rings. The Balaban J connectivity index is 2.15. The Kier molecular flexibility index (Phi) is 6.13. The van der Waals surface area contributed by atoms with Crippen molar-refractivity contribution in [3.05, 3.63) is 29.3 Å². The maximum absolute atomic E-state index is 5.80. The molecular weight excluding hydrogens is 212 g/mol. The Morgan fingerprint density at radius 3 is 2.43 bits per heavy atom. The Bertz CT molecular complexity index is 243. The van der Waals surface area contributed by atoms with Crippen LogP contribution >= 0.6 is 23.4 Å². The Morgan fingerprint density at radius 1 is 1.07 bits per heavy atom. The molecule has 1 aromatic carbocycles. The van der Waals surface area contributed by atoms with Gasteiger partial charge in [0.15, 0.2) is 0 Å². The molecule has 2 heteroatoms. The second-order valence-electron chi connectivity index (χ2n) is 3.36. The van der Waals surface area contributed by atoms with Crippen molar-refractivity contribution in [2.24, 2.45) is 0 Å². The Morgan fingerprint density at radius 2 is 1.79 bits per heavy atom. The summed E-state index contributed by atoms with van der Waals surface area (Å²) in [6, 6.07) is 8.09. The van der Waals surface area contributed by atoms with Gasteiger partial charge in [-0.25, -0.2) is 0 Å². The first kappa shape index (κ1) is 11.9. The predicted molar refractivity (Wildman–Crippen MR) is 66.3 cm³/mol. The fourth-order valence-electron chi connectivity index (χ4n) is 1.25. The molecule has 0 nitrogen and oxygen atoms in total. The molecule has 0 radical (unpaired) electrons. The molecule has 0 saturated carbocycles. The van der Waals surface area contributed by atoms with Crippen LogP contribution in [0.3, 0.4) is 0 Å². The first-order chi connectivity index (χ1) is 6.83. The molecule has 1 aromatic rings. The highest BCUT2D eigenvalue weighted by atomic mass is 35.5. The largest absolute Gasteiger partial charge is 0.126 e. The number of hydrogen-bond donors (Lipinski definition) is 0. The summed E-state index contributed by atoms with van der Waals surface area (Å²) < 4.78 is 0. The quantitative estimate of drug-likeness (QED) is 0.487. The zero-order valence-corrected chi connectivity index (χ0v) is 10.2. The lowest BCUT2D eigenvalue weighted by atomic mass is 10.2. The van der Waals surface area contributed by atoms with E-state index in [1.165, 1.54) is 36.3 Å². The SMILES string of the molecule is CCCCCCSc1ccc(Cl)cc1. The molecule has 0 fully saturated rings. The third-order valence-electron chi connectivity index (χ3n) is 2.08. The topological polar surface area (TPSA) is 0 Å². The molecule has 0 bridgehead atoms. The van der Waals surface area contributed by atoms with Crippen LogP contribution < -0.4 is 0 Å². The standard InChI is InChI=1S/C12H17ClS/c1-2-3-4-5-10-14-12-8-6-11(13)7-9-12/h6-9H,2-5,10H2,1H3. The van der Waals surface area contributed by atoms with Crippen LogP contribution in [0.1, 0.15) is 32.6 Å². The second-order valence-corrected chi connectivity index (χ2v) is 4.97. The van der Waals surface area contributed by atoms with E-state index in [4.69, 9.17) is 11.6 Å². The van der Waals surface area contributed by atoms with Gasteiger partial charge < -0.3 is 0 Å². The third kappa shape index (κ3) is 4.92. The van der Waals surface area contributed by atoms with E-state index in [0.29, 0.717) is 0 Å². The van der Waals surface area contributed by atoms with Gasteiger partial charge in [0, 0.05) is 9.92 Å². The predicted octanol–water partition coefficient (Wildman–Crippen LogP) is 5.01. The van der Waals surface area contributed by atoms with Crippen molar-refractivity contribution in [2.45, 2.75) is 37.5 Å². The van der Waals surface area contributed by atoms with E-state index in [2.05, 4.69) is 19.1 Å². The number of hydrogen-bond acceptors (Lipinski definition) is 1. The molecule has 0 atom stereocenters. The summed E-state index contributed by atoms with van der Waals surface area (Å²) in [5.41, 5.74) is 0. The van der Waals surface area contributed by atoms with Gasteiger partial charge in [0.1, 0.15) is 0 Å². The van der Waals surface area contributed by atoms with Crippen LogP contribution in [-0.2, 0) is 0 Å². The van der Waals surface area contributed by atoms with Crippen molar-refractivity contribution in [3.8, 4) is 0 Å². The molecule has 0 heterocycles. The summed E-state index contributed by atoms with van der Waals surface area (Å²) >= 11 is 7.73. The fourth-order valence-corrected chi connectivity index (χ4v) is 2.29. The fraction of sp³-hybridized carbons (Fsp3) is 0.500. The van der Waals surface area contributed by atoms with Gasteiger partial charge in [-0.3, -0.25) is 0 Å². The van der Waals surface area contributed by atoms with E-state index >= 15 is 0 Å². The number of benzene rings is 1.